The molecule has 0 radical (unpaired) electrons. The van der Waals surface area contributed by atoms with Gasteiger partial charge in [-0.2, -0.15) is 0 Å². The third-order valence-electron chi connectivity index (χ3n) is 5.45. The first-order chi connectivity index (χ1) is 12.5. The molecule has 1 saturated heterocycles. The van der Waals surface area contributed by atoms with Crippen LogP contribution in [0.15, 0.2) is 18.2 Å². The molecular formula is C18H24IN3O4. The first-order valence-corrected chi connectivity index (χ1v) is 10.1. The van der Waals surface area contributed by atoms with Crippen molar-refractivity contribution in [3.05, 3.63) is 37.4 Å². The van der Waals surface area contributed by atoms with Gasteiger partial charge in [-0.1, -0.05) is 19.3 Å². The second-order valence-electron chi connectivity index (χ2n) is 6.99. The maximum absolute atomic E-state index is 12.7. The number of ether oxygens (including phenoxy) is 1. The van der Waals surface area contributed by atoms with Crippen molar-refractivity contribution in [3.8, 4) is 0 Å². The molecule has 1 aromatic carbocycles. The van der Waals surface area contributed by atoms with Crippen LogP contribution >= 0.6 is 22.6 Å². The van der Waals surface area contributed by atoms with Crippen molar-refractivity contribution in [3.63, 3.8) is 0 Å². The Hall–Kier alpha value is -1.26. The molecule has 0 aromatic heterocycles. The summed E-state index contributed by atoms with van der Waals surface area (Å²) in [6.07, 6.45) is 5.71. The highest BCUT2D eigenvalue weighted by Gasteiger charge is 2.39. The fourth-order valence-electron chi connectivity index (χ4n) is 3.99. The summed E-state index contributed by atoms with van der Waals surface area (Å²) in [5.74, 6) is -0.240. The first-order valence-electron chi connectivity index (χ1n) is 9.07. The predicted molar refractivity (Wildman–Crippen MR) is 106 cm³/mol. The molecule has 1 aromatic rings. The Kier molecular flexibility index (Phi) is 6.46. The molecule has 1 heterocycles. The molecule has 142 valence electrons. The number of nitro benzene ring substituents is 1. The largest absolute Gasteiger partial charge is 0.379 e. The molecule has 0 unspecified atom stereocenters. The van der Waals surface area contributed by atoms with Crippen LogP contribution in [0.1, 0.15) is 42.5 Å². The average molecular weight is 473 g/mol. The minimum absolute atomic E-state index is 0.0240. The Bertz CT molecular complexity index is 670. The topological polar surface area (TPSA) is 84.7 Å². The molecule has 26 heavy (non-hydrogen) atoms. The van der Waals surface area contributed by atoms with Crippen molar-refractivity contribution in [1.82, 2.24) is 10.2 Å². The van der Waals surface area contributed by atoms with Crippen molar-refractivity contribution in [2.45, 2.75) is 37.6 Å². The van der Waals surface area contributed by atoms with Gasteiger partial charge >= 0.3 is 0 Å². The molecule has 2 fully saturated rings. The highest BCUT2D eigenvalue weighted by molar-refractivity contribution is 14.1. The summed E-state index contributed by atoms with van der Waals surface area (Å²) in [5, 5.41) is 14.1. The predicted octanol–water partition coefficient (Wildman–Crippen LogP) is 2.96. The summed E-state index contributed by atoms with van der Waals surface area (Å²) in [5.41, 5.74) is 0.285. The summed E-state index contributed by atoms with van der Waals surface area (Å²) in [6.45, 7) is 3.83. The normalized spacial score (nSPS) is 20.5. The number of amides is 1. The number of carbonyl (C=O) groups is 1. The van der Waals surface area contributed by atoms with Gasteiger partial charge in [0, 0.05) is 40.9 Å². The number of benzene rings is 1. The van der Waals surface area contributed by atoms with Crippen LogP contribution in [-0.4, -0.2) is 54.1 Å². The minimum Gasteiger partial charge on any atom is -0.379 e. The van der Waals surface area contributed by atoms with E-state index >= 15 is 0 Å². The van der Waals surface area contributed by atoms with Gasteiger partial charge in [0.15, 0.2) is 0 Å². The number of rotatable bonds is 5. The second kappa shape index (κ2) is 8.62. The highest BCUT2D eigenvalue weighted by Crippen LogP contribution is 2.34. The van der Waals surface area contributed by atoms with Crippen molar-refractivity contribution >= 4 is 34.2 Å². The fourth-order valence-corrected chi connectivity index (χ4v) is 4.57. The smallest absolute Gasteiger partial charge is 0.270 e. The molecule has 3 rings (SSSR count). The van der Waals surface area contributed by atoms with E-state index in [1.807, 2.05) is 22.6 Å². The van der Waals surface area contributed by atoms with E-state index in [4.69, 9.17) is 4.74 Å². The number of non-ortho nitro benzene ring substituents is 1. The number of halogens is 1. The standard InChI is InChI=1S/C18H24IN3O4/c19-16-5-4-14(22(24)25)12-15(16)17(23)20-13-18(6-2-1-3-7-18)21-8-10-26-11-9-21/h4-5,12H,1-3,6-11,13H2,(H,20,23). The van der Waals surface area contributed by atoms with Gasteiger partial charge in [0.05, 0.1) is 23.7 Å². The molecule has 8 heteroatoms. The van der Waals surface area contributed by atoms with E-state index in [2.05, 4.69) is 10.2 Å². The number of hydrogen-bond acceptors (Lipinski definition) is 5. The summed E-state index contributed by atoms with van der Waals surface area (Å²) in [6, 6.07) is 4.40. The first kappa shape index (κ1) is 19.5. The van der Waals surface area contributed by atoms with Gasteiger partial charge < -0.3 is 10.1 Å². The van der Waals surface area contributed by atoms with E-state index in [0.717, 1.165) is 42.7 Å². The summed E-state index contributed by atoms with van der Waals surface area (Å²) < 4.78 is 6.21. The van der Waals surface area contributed by atoms with Gasteiger partial charge in [0.1, 0.15) is 0 Å². The van der Waals surface area contributed by atoms with Gasteiger partial charge in [-0.15, -0.1) is 0 Å². The lowest BCUT2D eigenvalue weighted by atomic mass is 9.79. The van der Waals surface area contributed by atoms with Crippen LogP contribution in [0, 0.1) is 13.7 Å². The maximum atomic E-state index is 12.7. The van der Waals surface area contributed by atoms with E-state index in [1.54, 1.807) is 6.07 Å². The summed E-state index contributed by atoms with van der Waals surface area (Å²) >= 11 is 2.05. The van der Waals surface area contributed by atoms with Crippen LogP contribution in [-0.2, 0) is 4.74 Å². The average Bonchev–Trinajstić information content (AvgIpc) is 2.67. The van der Waals surface area contributed by atoms with Gasteiger partial charge in [-0.25, -0.2) is 0 Å². The molecular weight excluding hydrogens is 449 g/mol. The number of nitrogens with zero attached hydrogens (tertiary/aromatic N) is 2. The van der Waals surface area contributed by atoms with Crippen LogP contribution in [0.2, 0.25) is 0 Å². The zero-order valence-electron chi connectivity index (χ0n) is 14.7. The maximum Gasteiger partial charge on any atom is 0.270 e. The number of nitrogens with one attached hydrogen (secondary N) is 1. The third kappa shape index (κ3) is 4.34. The molecule has 1 N–H and O–H groups in total. The van der Waals surface area contributed by atoms with Crippen LogP contribution in [0.3, 0.4) is 0 Å². The number of morpholine rings is 1. The van der Waals surface area contributed by atoms with Gasteiger partial charge in [-0.3, -0.25) is 19.8 Å². The van der Waals surface area contributed by atoms with E-state index < -0.39 is 4.92 Å². The quantitative estimate of drug-likeness (QED) is 0.404. The van der Waals surface area contributed by atoms with E-state index in [0.29, 0.717) is 12.1 Å². The van der Waals surface area contributed by atoms with Gasteiger partial charge in [-0.05, 0) is 41.5 Å². The Labute approximate surface area is 166 Å². The SMILES string of the molecule is O=C(NCC1(N2CCOCC2)CCCCC1)c1cc([N+](=O)[O-])ccc1I. The lowest BCUT2D eigenvalue weighted by Gasteiger charge is -2.48. The number of nitro groups is 1. The molecule has 0 atom stereocenters. The molecule has 1 amide bonds. The minimum atomic E-state index is -0.469. The van der Waals surface area contributed by atoms with Crippen molar-refractivity contribution in [2.24, 2.45) is 0 Å². The van der Waals surface area contributed by atoms with Crippen molar-refractivity contribution < 1.29 is 14.5 Å². The molecule has 0 bridgehead atoms. The van der Waals surface area contributed by atoms with Crippen molar-refractivity contribution in [1.29, 1.82) is 0 Å². The fraction of sp³-hybridized carbons (Fsp3) is 0.611. The van der Waals surface area contributed by atoms with Crippen LogP contribution in [0.5, 0.6) is 0 Å². The lowest BCUT2D eigenvalue weighted by Crippen LogP contribution is -2.59. The van der Waals surface area contributed by atoms with Crippen LogP contribution < -0.4 is 5.32 Å². The highest BCUT2D eigenvalue weighted by atomic mass is 127. The second-order valence-corrected chi connectivity index (χ2v) is 8.15. The number of carbonyl (C=O) groups excluding carboxylic acids is 1. The van der Waals surface area contributed by atoms with Gasteiger partial charge in [0.25, 0.3) is 11.6 Å². The van der Waals surface area contributed by atoms with E-state index in [-0.39, 0.29) is 17.1 Å². The van der Waals surface area contributed by atoms with E-state index in [1.165, 1.54) is 31.4 Å². The van der Waals surface area contributed by atoms with E-state index in [9.17, 15) is 14.9 Å². The number of hydrogen-bond donors (Lipinski definition) is 1. The Balaban J connectivity index is 1.73. The van der Waals surface area contributed by atoms with Crippen LogP contribution in [0.25, 0.3) is 0 Å². The summed E-state index contributed by atoms with van der Waals surface area (Å²) in [4.78, 5) is 25.7. The zero-order chi connectivity index (χ0) is 18.6. The summed E-state index contributed by atoms with van der Waals surface area (Å²) in [7, 11) is 0. The molecule has 1 aliphatic carbocycles. The Morgan fingerprint density at radius 1 is 1.27 bits per heavy atom. The third-order valence-corrected chi connectivity index (χ3v) is 6.39. The Morgan fingerprint density at radius 3 is 2.62 bits per heavy atom. The monoisotopic (exact) mass is 473 g/mol. The molecule has 1 saturated carbocycles. The molecule has 1 aliphatic heterocycles. The lowest BCUT2D eigenvalue weighted by molar-refractivity contribution is -0.384. The molecule has 0 spiro atoms. The molecule has 7 nitrogen and oxygen atoms in total. The Morgan fingerprint density at radius 2 is 1.96 bits per heavy atom. The zero-order valence-corrected chi connectivity index (χ0v) is 16.9. The van der Waals surface area contributed by atoms with Crippen molar-refractivity contribution in [2.75, 3.05) is 32.8 Å². The van der Waals surface area contributed by atoms with Crippen LogP contribution in [0.4, 0.5) is 5.69 Å². The van der Waals surface area contributed by atoms with Gasteiger partial charge in [0.2, 0.25) is 0 Å². The molecule has 2 aliphatic rings.